The third-order valence-corrected chi connectivity index (χ3v) is 7.87. The van der Waals surface area contributed by atoms with Crippen molar-refractivity contribution in [3.63, 3.8) is 0 Å². The summed E-state index contributed by atoms with van der Waals surface area (Å²) < 4.78 is 64.8. The smallest absolute Gasteiger partial charge is 0.406 e. The zero-order valence-electron chi connectivity index (χ0n) is 21.2. The predicted molar refractivity (Wildman–Crippen MR) is 143 cm³/mol. The predicted octanol–water partition coefficient (Wildman–Crippen LogP) is 4.72. The zero-order chi connectivity index (χ0) is 27.5. The number of phenolic OH excluding ortho intramolecular Hbond substituents is 1. The average molecular weight is 549 g/mol. The Balaban J connectivity index is 1.57. The molecule has 0 unspecified atom stereocenters. The van der Waals surface area contributed by atoms with E-state index in [0.29, 0.717) is 16.9 Å². The van der Waals surface area contributed by atoms with Crippen LogP contribution in [-0.2, 0) is 16.4 Å². The van der Waals surface area contributed by atoms with Crippen molar-refractivity contribution in [2.24, 2.45) is 0 Å². The van der Waals surface area contributed by atoms with Crippen LogP contribution in [0.3, 0.4) is 0 Å². The van der Waals surface area contributed by atoms with E-state index in [1.54, 1.807) is 18.2 Å². The number of nitrogens with one attached hydrogen (secondary N) is 3. The molecule has 1 heterocycles. The minimum atomic E-state index is -4.43. The van der Waals surface area contributed by atoms with Crippen molar-refractivity contribution >= 4 is 32.1 Å². The van der Waals surface area contributed by atoms with Gasteiger partial charge in [0.25, 0.3) is 0 Å². The van der Waals surface area contributed by atoms with E-state index < -0.39 is 22.6 Å². The number of rotatable bonds is 7. The molecule has 38 heavy (non-hydrogen) atoms. The van der Waals surface area contributed by atoms with Crippen LogP contribution in [0.25, 0.3) is 10.9 Å². The fourth-order valence-corrected chi connectivity index (χ4v) is 5.42. The van der Waals surface area contributed by atoms with Gasteiger partial charge in [-0.25, -0.2) is 8.42 Å². The minimum Gasteiger partial charge on any atom is -0.506 e. The van der Waals surface area contributed by atoms with E-state index in [2.05, 4.69) is 27.8 Å². The number of benzene rings is 2. The number of phenols is 1. The summed E-state index contributed by atoms with van der Waals surface area (Å²) in [6.07, 6.45) is 0.631. The van der Waals surface area contributed by atoms with Crippen LogP contribution in [0.5, 0.6) is 5.75 Å². The maximum Gasteiger partial charge on any atom is 0.406 e. The van der Waals surface area contributed by atoms with E-state index in [1.165, 1.54) is 16.7 Å². The quantitative estimate of drug-likeness (QED) is 0.252. The Hall–Kier alpha value is -3.36. The molecular formula is C27H31F3N4O3S. The fraction of sp³-hybridized carbons (Fsp3) is 0.407. The number of alkyl halides is 3. The number of sulfone groups is 1. The second-order valence-corrected chi connectivity index (χ2v) is 11.6. The van der Waals surface area contributed by atoms with Gasteiger partial charge in [0.05, 0.1) is 28.3 Å². The molecule has 7 nitrogen and oxygen atoms in total. The van der Waals surface area contributed by atoms with E-state index >= 15 is 0 Å². The average Bonchev–Trinajstić information content (AvgIpc) is 3.19. The van der Waals surface area contributed by atoms with E-state index in [4.69, 9.17) is 0 Å². The van der Waals surface area contributed by atoms with Crippen molar-refractivity contribution in [3.05, 3.63) is 48.2 Å². The lowest BCUT2D eigenvalue weighted by molar-refractivity contribution is -0.140. The Bertz CT molecular complexity index is 1460. The molecule has 0 saturated heterocycles. The molecule has 4 N–H and O–H groups in total. The summed E-state index contributed by atoms with van der Waals surface area (Å²) in [6, 6.07) is 11.6. The van der Waals surface area contributed by atoms with Crippen LogP contribution in [0, 0.1) is 11.8 Å². The first kappa shape index (κ1) is 27.7. The number of halogens is 3. The van der Waals surface area contributed by atoms with Crippen LogP contribution in [0.15, 0.2) is 47.4 Å². The number of hydrogen-bond acceptors (Lipinski definition) is 6. The SMILES string of the molecule is CNC1CCC(Nc2cccc3c2cc(C#CCNc2ccc(S(C)(=O)=O)cc2O)n3CC(F)(F)F)CC1. The fourth-order valence-electron chi connectivity index (χ4n) is 4.78. The first-order chi connectivity index (χ1) is 17.9. The highest BCUT2D eigenvalue weighted by Crippen LogP contribution is 2.32. The van der Waals surface area contributed by atoms with Crippen LogP contribution in [0.2, 0.25) is 0 Å². The summed E-state index contributed by atoms with van der Waals surface area (Å²) in [5, 5.41) is 20.5. The lowest BCUT2D eigenvalue weighted by Crippen LogP contribution is -2.34. The third kappa shape index (κ3) is 6.74. The number of nitrogens with zero attached hydrogens (tertiary/aromatic N) is 1. The van der Waals surface area contributed by atoms with E-state index in [1.807, 2.05) is 13.1 Å². The van der Waals surface area contributed by atoms with Crippen molar-refractivity contribution in [2.45, 2.75) is 55.4 Å². The van der Waals surface area contributed by atoms with E-state index in [0.717, 1.165) is 43.7 Å². The number of anilines is 2. The number of fused-ring (bicyclic) bond motifs is 1. The largest absolute Gasteiger partial charge is 0.506 e. The molecule has 0 aliphatic heterocycles. The summed E-state index contributed by atoms with van der Waals surface area (Å²) in [6.45, 7) is -1.14. The number of hydrogen-bond donors (Lipinski definition) is 4. The van der Waals surface area contributed by atoms with Gasteiger partial charge in [0.1, 0.15) is 12.3 Å². The highest BCUT2D eigenvalue weighted by atomic mass is 32.2. The van der Waals surface area contributed by atoms with Crippen LogP contribution >= 0.6 is 0 Å². The normalized spacial score (nSPS) is 18.1. The molecule has 4 rings (SSSR count). The van der Waals surface area contributed by atoms with Gasteiger partial charge in [0.2, 0.25) is 0 Å². The van der Waals surface area contributed by atoms with Gasteiger partial charge in [-0.15, -0.1) is 0 Å². The summed E-state index contributed by atoms with van der Waals surface area (Å²) in [4.78, 5) is -0.0252. The molecule has 0 atom stereocenters. The standard InChI is InChI=1S/C27H31F3N4O3S/c1-31-18-8-10-19(11-9-18)33-23-6-3-7-25-22(23)15-20(34(25)17-27(28,29)30)5-4-14-32-24-13-12-21(16-26(24)35)38(2,36)37/h3,6-7,12-13,15-16,18-19,31-33,35H,8-11,14,17H2,1-2H3. The first-order valence-corrected chi connectivity index (χ1v) is 14.2. The van der Waals surface area contributed by atoms with Crippen LogP contribution in [-0.4, -0.2) is 56.2 Å². The minimum absolute atomic E-state index is 0.0252. The lowest BCUT2D eigenvalue weighted by atomic mass is 9.91. The van der Waals surface area contributed by atoms with Gasteiger partial charge in [-0.3, -0.25) is 0 Å². The van der Waals surface area contributed by atoms with Gasteiger partial charge in [0.15, 0.2) is 9.84 Å². The Morgan fingerprint density at radius 3 is 2.39 bits per heavy atom. The summed E-state index contributed by atoms with van der Waals surface area (Å²) in [5.41, 5.74) is 1.72. The van der Waals surface area contributed by atoms with Gasteiger partial charge in [-0.2, -0.15) is 13.2 Å². The summed E-state index contributed by atoms with van der Waals surface area (Å²) in [5.74, 6) is 5.38. The maximum absolute atomic E-state index is 13.5. The molecule has 0 bridgehead atoms. The maximum atomic E-state index is 13.5. The monoisotopic (exact) mass is 548 g/mol. The van der Waals surface area contributed by atoms with Crippen LogP contribution in [0.4, 0.5) is 24.5 Å². The Morgan fingerprint density at radius 1 is 1.05 bits per heavy atom. The molecular weight excluding hydrogens is 517 g/mol. The topological polar surface area (TPSA) is 95.4 Å². The second kappa shape index (κ2) is 11.2. The lowest BCUT2D eigenvalue weighted by Gasteiger charge is -2.29. The molecule has 1 aliphatic rings. The second-order valence-electron chi connectivity index (χ2n) is 9.56. The number of aromatic nitrogens is 1. The van der Waals surface area contributed by atoms with E-state index in [-0.39, 0.29) is 34.6 Å². The Kier molecular flexibility index (Phi) is 8.13. The van der Waals surface area contributed by atoms with E-state index in [9.17, 15) is 26.7 Å². The molecule has 204 valence electrons. The third-order valence-electron chi connectivity index (χ3n) is 6.76. The van der Waals surface area contributed by atoms with Crippen molar-refractivity contribution in [2.75, 3.05) is 30.5 Å². The molecule has 1 aliphatic carbocycles. The number of aromatic hydroxyl groups is 1. The van der Waals surface area contributed by atoms with Gasteiger partial charge < -0.3 is 25.6 Å². The van der Waals surface area contributed by atoms with Crippen molar-refractivity contribution in [3.8, 4) is 17.6 Å². The molecule has 3 aromatic rings. The molecule has 0 amide bonds. The summed E-state index contributed by atoms with van der Waals surface area (Å²) in [7, 11) is -1.51. The zero-order valence-corrected chi connectivity index (χ0v) is 22.0. The van der Waals surface area contributed by atoms with Crippen molar-refractivity contribution in [1.82, 2.24) is 9.88 Å². The molecule has 0 radical (unpaired) electrons. The van der Waals surface area contributed by atoms with Gasteiger partial charge in [-0.05, 0) is 69.0 Å². The molecule has 11 heteroatoms. The molecule has 0 spiro atoms. The van der Waals surface area contributed by atoms with Crippen molar-refractivity contribution in [1.29, 1.82) is 0 Å². The summed E-state index contributed by atoms with van der Waals surface area (Å²) >= 11 is 0. The van der Waals surface area contributed by atoms with Gasteiger partial charge in [-0.1, -0.05) is 12.0 Å². The Morgan fingerprint density at radius 2 is 1.76 bits per heavy atom. The molecule has 2 aromatic carbocycles. The highest BCUT2D eigenvalue weighted by Gasteiger charge is 2.30. The first-order valence-electron chi connectivity index (χ1n) is 12.3. The van der Waals surface area contributed by atoms with Gasteiger partial charge >= 0.3 is 6.18 Å². The molecule has 1 fully saturated rings. The van der Waals surface area contributed by atoms with Crippen molar-refractivity contribution < 1.29 is 26.7 Å². The van der Waals surface area contributed by atoms with Gasteiger partial charge in [0, 0.05) is 35.5 Å². The Labute approximate surface area is 220 Å². The van der Waals surface area contributed by atoms with Crippen LogP contribution < -0.4 is 16.0 Å². The molecule has 1 saturated carbocycles. The molecule has 1 aromatic heterocycles. The highest BCUT2D eigenvalue weighted by molar-refractivity contribution is 7.90. The van der Waals surface area contributed by atoms with Crippen LogP contribution in [0.1, 0.15) is 31.4 Å².